The summed E-state index contributed by atoms with van der Waals surface area (Å²) in [5.74, 6) is -2.05. The van der Waals surface area contributed by atoms with Crippen molar-refractivity contribution in [1.82, 2.24) is 4.90 Å². The molecule has 2 rings (SSSR count). The number of carbonyl (C=O) groups excluding carboxylic acids is 1. The van der Waals surface area contributed by atoms with Gasteiger partial charge in [0, 0.05) is 23.7 Å². The SMILES string of the molecule is CC(C)(C)OC(=O)N1CCc2c(F)c(OC(F)F)cc(O)c2C1. The van der Waals surface area contributed by atoms with Gasteiger partial charge in [0.25, 0.3) is 0 Å². The lowest BCUT2D eigenvalue weighted by atomic mass is 9.97. The number of benzene rings is 1. The highest BCUT2D eigenvalue weighted by Crippen LogP contribution is 2.36. The van der Waals surface area contributed by atoms with Crippen LogP contribution in [0.2, 0.25) is 0 Å². The van der Waals surface area contributed by atoms with E-state index in [0.717, 1.165) is 6.07 Å². The second-order valence-electron chi connectivity index (χ2n) is 6.20. The molecule has 1 aliphatic rings. The molecule has 0 aliphatic carbocycles. The van der Waals surface area contributed by atoms with E-state index in [9.17, 15) is 23.1 Å². The van der Waals surface area contributed by atoms with Gasteiger partial charge in [-0.15, -0.1) is 0 Å². The van der Waals surface area contributed by atoms with Crippen LogP contribution < -0.4 is 4.74 Å². The molecule has 8 heteroatoms. The van der Waals surface area contributed by atoms with Crippen molar-refractivity contribution in [3.05, 3.63) is 23.0 Å². The van der Waals surface area contributed by atoms with E-state index in [1.807, 2.05) is 0 Å². The number of nitrogens with zero attached hydrogens (tertiary/aromatic N) is 1. The molecule has 0 radical (unpaired) electrons. The zero-order valence-corrected chi connectivity index (χ0v) is 13.0. The molecule has 1 amide bonds. The van der Waals surface area contributed by atoms with Crippen molar-refractivity contribution < 1.29 is 32.5 Å². The molecule has 0 unspecified atom stereocenters. The molecule has 1 aliphatic heterocycles. The van der Waals surface area contributed by atoms with E-state index in [4.69, 9.17) is 4.74 Å². The minimum absolute atomic E-state index is 0.0639. The number of phenolic OH excluding ortho intramolecular Hbond substituents is 1. The first-order chi connectivity index (χ1) is 10.6. The van der Waals surface area contributed by atoms with Crippen LogP contribution in [-0.2, 0) is 17.7 Å². The molecule has 0 atom stereocenters. The average molecular weight is 333 g/mol. The summed E-state index contributed by atoms with van der Waals surface area (Å²) < 4.78 is 48.0. The maximum Gasteiger partial charge on any atom is 0.410 e. The number of rotatable bonds is 2. The van der Waals surface area contributed by atoms with Crippen LogP contribution in [0.4, 0.5) is 18.0 Å². The average Bonchev–Trinajstić information content (AvgIpc) is 2.41. The van der Waals surface area contributed by atoms with E-state index < -0.39 is 35.6 Å². The van der Waals surface area contributed by atoms with Gasteiger partial charge in [-0.1, -0.05) is 0 Å². The fourth-order valence-electron chi connectivity index (χ4n) is 2.33. The molecular weight excluding hydrogens is 315 g/mol. The third-order valence-electron chi connectivity index (χ3n) is 3.27. The van der Waals surface area contributed by atoms with Gasteiger partial charge in [-0.2, -0.15) is 8.78 Å². The van der Waals surface area contributed by atoms with Gasteiger partial charge in [0.05, 0.1) is 6.54 Å². The van der Waals surface area contributed by atoms with Crippen LogP contribution in [0.5, 0.6) is 11.5 Å². The number of amides is 1. The van der Waals surface area contributed by atoms with Crippen molar-refractivity contribution in [1.29, 1.82) is 0 Å². The smallest absolute Gasteiger partial charge is 0.410 e. The number of phenols is 1. The summed E-state index contributed by atoms with van der Waals surface area (Å²) in [4.78, 5) is 13.4. The molecule has 0 aromatic heterocycles. The van der Waals surface area contributed by atoms with E-state index in [2.05, 4.69) is 4.74 Å². The Morgan fingerprint density at radius 1 is 1.35 bits per heavy atom. The lowest BCUT2D eigenvalue weighted by Gasteiger charge is -2.31. The van der Waals surface area contributed by atoms with Gasteiger partial charge in [-0.25, -0.2) is 9.18 Å². The molecule has 1 aromatic carbocycles. The van der Waals surface area contributed by atoms with E-state index >= 15 is 0 Å². The maximum absolute atomic E-state index is 14.2. The lowest BCUT2D eigenvalue weighted by Crippen LogP contribution is -2.40. The Kier molecular flexibility index (Phi) is 4.63. The molecule has 5 nitrogen and oxygen atoms in total. The third kappa shape index (κ3) is 4.00. The maximum atomic E-state index is 14.2. The largest absolute Gasteiger partial charge is 0.507 e. The molecular formula is C15H18F3NO4. The summed E-state index contributed by atoms with van der Waals surface area (Å²) in [6, 6.07) is 0.791. The normalized spacial score (nSPS) is 14.7. The minimum Gasteiger partial charge on any atom is -0.507 e. The summed E-state index contributed by atoms with van der Waals surface area (Å²) in [5.41, 5.74) is -0.443. The predicted molar refractivity (Wildman–Crippen MR) is 75.0 cm³/mol. The first-order valence-electron chi connectivity index (χ1n) is 7.04. The first kappa shape index (κ1) is 17.2. The molecule has 128 valence electrons. The number of aromatic hydroxyl groups is 1. The van der Waals surface area contributed by atoms with E-state index in [1.54, 1.807) is 20.8 Å². The number of halogens is 3. The lowest BCUT2D eigenvalue weighted by molar-refractivity contribution is -0.0524. The highest BCUT2D eigenvalue weighted by Gasteiger charge is 2.30. The summed E-state index contributed by atoms with van der Waals surface area (Å²) >= 11 is 0. The Bertz CT molecular complexity index is 614. The summed E-state index contributed by atoms with van der Waals surface area (Å²) in [5, 5.41) is 9.94. The van der Waals surface area contributed by atoms with Gasteiger partial charge >= 0.3 is 12.7 Å². The van der Waals surface area contributed by atoms with Gasteiger partial charge in [0.2, 0.25) is 0 Å². The van der Waals surface area contributed by atoms with Crippen LogP contribution in [0.1, 0.15) is 31.9 Å². The van der Waals surface area contributed by atoms with E-state index in [-0.39, 0.29) is 30.6 Å². The van der Waals surface area contributed by atoms with Crippen molar-refractivity contribution in [3.63, 3.8) is 0 Å². The fourth-order valence-corrected chi connectivity index (χ4v) is 2.33. The van der Waals surface area contributed by atoms with E-state index in [1.165, 1.54) is 4.90 Å². The molecule has 1 aromatic rings. The first-order valence-corrected chi connectivity index (χ1v) is 7.04. The standard InChI is InChI=1S/C15H18F3NO4/c1-15(2,3)23-14(21)19-5-4-8-9(7-19)10(20)6-11(12(8)16)22-13(17)18/h6,13,20H,4-5,7H2,1-3H3. The number of ether oxygens (including phenoxy) is 2. The second-order valence-corrected chi connectivity index (χ2v) is 6.20. The summed E-state index contributed by atoms with van der Waals surface area (Å²) in [7, 11) is 0. The van der Waals surface area contributed by atoms with Crippen LogP contribution in [-0.4, -0.2) is 34.9 Å². The van der Waals surface area contributed by atoms with Gasteiger partial charge in [0.1, 0.15) is 11.4 Å². The van der Waals surface area contributed by atoms with Crippen LogP contribution in [0.15, 0.2) is 6.07 Å². The Morgan fingerprint density at radius 3 is 2.57 bits per heavy atom. The molecule has 0 bridgehead atoms. The van der Waals surface area contributed by atoms with Gasteiger partial charge in [0.15, 0.2) is 11.6 Å². The zero-order chi connectivity index (χ0) is 17.4. The van der Waals surface area contributed by atoms with Crippen LogP contribution in [0.25, 0.3) is 0 Å². The van der Waals surface area contributed by atoms with Gasteiger partial charge in [-0.3, -0.25) is 0 Å². The monoisotopic (exact) mass is 333 g/mol. The Balaban J connectivity index is 2.25. The topological polar surface area (TPSA) is 59.0 Å². The number of hydrogen-bond donors (Lipinski definition) is 1. The third-order valence-corrected chi connectivity index (χ3v) is 3.27. The number of alkyl halides is 2. The van der Waals surface area contributed by atoms with Gasteiger partial charge < -0.3 is 19.5 Å². The van der Waals surface area contributed by atoms with Crippen LogP contribution >= 0.6 is 0 Å². The van der Waals surface area contributed by atoms with Crippen molar-refractivity contribution in [3.8, 4) is 11.5 Å². The number of hydrogen-bond acceptors (Lipinski definition) is 4. The zero-order valence-electron chi connectivity index (χ0n) is 13.0. The fraction of sp³-hybridized carbons (Fsp3) is 0.533. The second kappa shape index (κ2) is 6.17. The quantitative estimate of drug-likeness (QED) is 0.901. The Morgan fingerprint density at radius 2 is 2.00 bits per heavy atom. The van der Waals surface area contributed by atoms with Crippen LogP contribution in [0, 0.1) is 5.82 Å². The van der Waals surface area contributed by atoms with Crippen molar-refractivity contribution in [2.75, 3.05) is 6.54 Å². The minimum atomic E-state index is -3.19. The molecule has 0 saturated heterocycles. The van der Waals surface area contributed by atoms with Crippen molar-refractivity contribution >= 4 is 6.09 Å². The Hall–Kier alpha value is -2.12. The summed E-state index contributed by atoms with van der Waals surface area (Å²) in [6.07, 6.45) is -0.523. The summed E-state index contributed by atoms with van der Waals surface area (Å²) in [6.45, 7) is 2.04. The molecule has 0 spiro atoms. The van der Waals surface area contributed by atoms with Crippen molar-refractivity contribution in [2.24, 2.45) is 0 Å². The molecule has 1 N–H and O–H groups in total. The predicted octanol–water partition coefficient (Wildman–Crippen LogP) is 3.43. The highest BCUT2D eigenvalue weighted by molar-refractivity contribution is 5.69. The molecule has 1 heterocycles. The van der Waals surface area contributed by atoms with Crippen molar-refractivity contribution in [2.45, 2.75) is 45.9 Å². The highest BCUT2D eigenvalue weighted by atomic mass is 19.3. The molecule has 0 saturated carbocycles. The number of carbonyl (C=O) groups is 1. The molecule has 23 heavy (non-hydrogen) atoms. The number of fused-ring (bicyclic) bond motifs is 1. The van der Waals surface area contributed by atoms with Crippen LogP contribution in [0.3, 0.4) is 0 Å². The van der Waals surface area contributed by atoms with Gasteiger partial charge in [-0.05, 0) is 27.2 Å². The Labute approximate surface area is 131 Å². The molecule has 0 fully saturated rings. The van der Waals surface area contributed by atoms with E-state index in [0.29, 0.717) is 0 Å².